The number of hydrogen-bond acceptors (Lipinski definition) is 3. The molecular formula is C21H28FN3O2. The van der Waals surface area contributed by atoms with Gasteiger partial charge in [0.05, 0.1) is 12.3 Å². The molecule has 2 rings (SSSR count). The maximum atomic E-state index is 14.6. The molecule has 146 valence electrons. The number of nitrogens with one attached hydrogen (secondary N) is 1. The molecule has 0 radical (unpaired) electrons. The zero-order valence-electron chi connectivity index (χ0n) is 16.3. The van der Waals surface area contributed by atoms with Crippen molar-refractivity contribution in [3.8, 4) is 5.75 Å². The molecular weight excluding hydrogens is 345 g/mol. The molecule has 1 aromatic heterocycles. The van der Waals surface area contributed by atoms with Crippen molar-refractivity contribution in [3.05, 3.63) is 59.2 Å². The number of benzene rings is 1. The van der Waals surface area contributed by atoms with Crippen LogP contribution in [0.1, 0.15) is 54.9 Å². The molecule has 1 amide bonds. The summed E-state index contributed by atoms with van der Waals surface area (Å²) in [6, 6.07) is 6.73. The third-order valence-corrected chi connectivity index (χ3v) is 4.18. The van der Waals surface area contributed by atoms with Gasteiger partial charge in [-0.1, -0.05) is 38.1 Å². The van der Waals surface area contributed by atoms with Crippen molar-refractivity contribution < 1.29 is 13.9 Å². The van der Waals surface area contributed by atoms with Crippen molar-refractivity contribution >= 4 is 5.91 Å². The van der Waals surface area contributed by atoms with Gasteiger partial charge in [0, 0.05) is 19.2 Å². The molecule has 0 aliphatic carbocycles. The molecule has 6 heteroatoms. The minimum atomic E-state index is -0.429. The minimum absolute atomic E-state index is 0.0910. The fourth-order valence-electron chi connectivity index (χ4n) is 2.65. The van der Waals surface area contributed by atoms with Crippen molar-refractivity contribution in [2.45, 2.75) is 46.1 Å². The molecule has 0 spiro atoms. The Kier molecular flexibility index (Phi) is 8.04. The third kappa shape index (κ3) is 5.94. The summed E-state index contributed by atoms with van der Waals surface area (Å²) in [4.78, 5) is 12.3. The number of aryl methyl sites for hydroxylation is 2. The average Bonchev–Trinajstić information content (AvgIpc) is 3.05. The van der Waals surface area contributed by atoms with Gasteiger partial charge in [-0.2, -0.15) is 5.10 Å². The Hall–Kier alpha value is -2.63. The van der Waals surface area contributed by atoms with Crippen LogP contribution in [0.5, 0.6) is 5.75 Å². The van der Waals surface area contributed by atoms with E-state index in [9.17, 15) is 9.18 Å². The number of amides is 1. The summed E-state index contributed by atoms with van der Waals surface area (Å²) in [5.74, 6) is -0.491. The van der Waals surface area contributed by atoms with Gasteiger partial charge in [-0.3, -0.25) is 9.48 Å². The monoisotopic (exact) mass is 373 g/mol. The Balaban J connectivity index is 1.91. The highest BCUT2D eigenvalue weighted by Gasteiger charge is 2.14. The smallest absolute Gasteiger partial charge is 0.269 e. The van der Waals surface area contributed by atoms with Gasteiger partial charge in [-0.15, -0.1) is 0 Å². The summed E-state index contributed by atoms with van der Waals surface area (Å²) >= 11 is 0. The first kappa shape index (κ1) is 20.7. The highest BCUT2D eigenvalue weighted by atomic mass is 19.1. The summed E-state index contributed by atoms with van der Waals surface area (Å²) in [6.07, 6.45) is 7.72. The van der Waals surface area contributed by atoms with Gasteiger partial charge in [0.15, 0.2) is 11.6 Å². The molecule has 0 atom stereocenters. The van der Waals surface area contributed by atoms with Gasteiger partial charge in [0.2, 0.25) is 0 Å². The topological polar surface area (TPSA) is 56.1 Å². The highest BCUT2D eigenvalue weighted by molar-refractivity contribution is 5.92. The number of hydrogen-bond donors (Lipinski definition) is 1. The highest BCUT2D eigenvalue weighted by Crippen LogP contribution is 2.21. The van der Waals surface area contributed by atoms with E-state index in [1.54, 1.807) is 31.3 Å². The molecule has 0 unspecified atom stereocenters. The second kappa shape index (κ2) is 10.5. The number of ether oxygens (including phenoxy) is 1. The lowest BCUT2D eigenvalue weighted by Gasteiger charge is -2.11. The second-order valence-corrected chi connectivity index (χ2v) is 6.28. The third-order valence-electron chi connectivity index (χ3n) is 4.18. The number of rotatable bonds is 10. The molecule has 1 aromatic carbocycles. The predicted molar refractivity (Wildman–Crippen MR) is 104 cm³/mol. The molecule has 0 bridgehead atoms. The predicted octanol–water partition coefficient (Wildman–Crippen LogP) is 4.18. The summed E-state index contributed by atoms with van der Waals surface area (Å²) in [5.41, 5.74) is 1.70. The van der Waals surface area contributed by atoms with E-state index in [0.29, 0.717) is 17.9 Å². The number of unbranched alkanes of at least 4 members (excludes halogenated alkanes) is 1. The van der Waals surface area contributed by atoms with Crippen molar-refractivity contribution in [3.63, 3.8) is 0 Å². The van der Waals surface area contributed by atoms with Gasteiger partial charge in [0.25, 0.3) is 5.91 Å². The van der Waals surface area contributed by atoms with E-state index in [1.165, 1.54) is 4.68 Å². The van der Waals surface area contributed by atoms with Gasteiger partial charge in [0.1, 0.15) is 5.69 Å². The fourth-order valence-corrected chi connectivity index (χ4v) is 2.65. The Morgan fingerprint density at radius 3 is 2.85 bits per heavy atom. The first-order valence-electron chi connectivity index (χ1n) is 9.43. The van der Waals surface area contributed by atoms with E-state index in [-0.39, 0.29) is 18.2 Å². The Labute approximate surface area is 160 Å². The molecule has 0 aliphatic heterocycles. The number of allylic oxidation sites excluding steroid dienone is 2. The summed E-state index contributed by atoms with van der Waals surface area (Å²) in [5, 5.41) is 7.00. The SMILES string of the molecule is CCC=CCCCOc1cccc(CNC(=O)c2cc(CC)nn2C)c1F. The van der Waals surface area contributed by atoms with E-state index in [1.807, 2.05) is 6.92 Å². The van der Waals surface area contributed by atoms with E-state index in [0.717, 1.165) is 31.4 Å². The van der Waals surface area contributed by atoms with Crippen molar-refractivity contribution in [1.29, 1.82) is 0 Å². The Morgan fingerprint density at radius 2 is 2.15 bits per heavy atom. The molecule has 0 saturated heterocycles. The van der Waals surface area contributed by atoms with Crippen LogP contribution in [0, 0.1) is 5.82 Å². The van der Waals surface area contributed by atoms with Crippen LogP contribution in [-0.4, -0.2) is 22.3 Å². The van der Waals surface area contributed by atoms with Gasteiger partial charge < -0.3 is 10.1 Å². The molecule has 0 aliphatic rings. The zero-order valence-corrected chi connectivity index (χ0v) is 16.3. The molecule has 0 saturated carbocycles. The molecule has 5 nitrogen and oxygen atoms in total. The van der Waals surface area contributed by atoms with Crippen LogP contribution in [0.15, 0.2) is 36.4 Å². The van der Waals surface area contributed by atoms with E-state index >= 15 is 0 Å². The fraction of sp³-hybridized carbons (Fsp3) is 0.429. The molecule has 1 heterocycles. The van der Waals surface area contributed by atoms with Crippen LogP contribution in [0.2, 0.25) is 0 Å². The molecule has 0 fully saturated rings. The van der Waals surface area contributed by atoms with Crippen LogP contribution in [-0.2, 0) is 20.0 Å². The molecule has 2 aromatic rings. The van der Waals surface area contributed by atoms with E-state index in [2.05, 4.69) is 29.5 Å². The lowest BCUT2D eigenvalue weighted by molar-refractivity contribution is 0.0941. The minimum Gasteiger partial charge on any atom is -0.490 e. The van der Waals surface area contributed by atoms with Gasteiger partial charge in [-0.05, 0) is 37.8 Å². The number of nitrogens with zero attached hydrogens (tertiary/aromatic N) is 2. The van der Waals surface area contributed by atoms with E-state index < -0.39 is 5.82 Å². The number of aromatic nitrogens is 2. The van der Waals surface area contributed by atoms with Crippen molar-refractivity contribution in [2.24, 2.45) is 7.05 Å². The van der Waals surface area contributed by atoms with Gasteiger partial charge >= 0.3 is 0 Å². The first-order chi connectivity index (χ1) is 13.1. The second-order valence-electron chi connectivity index (χ2n) is 6.28. The lowest BCUT2D eigenvalue weighted by Crippen LogP contribution is -2.25. The average molecular weight is 373 g/mol. The zero-order chi connectivity index (χ0) is 19.6. The summed E-state index contributed by atoms with van der Waals surface area (Å²) < 4.78 is 21.7. The van der Waals surface area contributed by atoms with E-state index in [4.69, 9.17) is 4.74 Å². The molecule has 27 heavy (non-hydrogen) atoms. The number of carbonyl (C=O) groups is 1. The normalized spacial score (nSPS) is 11.1. The number of halogens is 1. The van der Waals surface area contributed by atoms with Crippen LogP contribution < -0.4 is 10.1 Å². The maximum absolute atomic E-state index is 14.6. The summed E-state index contributed by atoms with van der Waals surface area (Å²) in [6.45, 7) is 4.61. The standard InChI is InChI=1S/C21H28FN3O2/c1-4-6-7-8-9-13-27-19-12-10-11-16(20(19)22)15-23-21(26)18-14-17(5-2)24-25(18)3/h6-7,10-12,14H,4-5,8-9,13,15H2,1-3H3,(H,23,26). The Bertz CT molecular complexity index is 784. The molecule has 1 N–H and O–H groups in total. The lowest BCUT2D eigenvalue weighted by atomic mass is 10.2. The number of carbonyl (C=O) groups excluding carboxylic acids is 1. The van der Waals surface area contributed by atoms with Crippen molar-refractivity contribution in [2.75, 3.05) is 6.61 Å². The first-order valence-corrected chi connectivity index (χ1v) is 9.43. The quantitative estimate of drug-likeness (QED) is 0.502. The largest absolute Gasteiger partial charge is 0.490 e. The van der Waals surface area contributed by atoms with Crippen LogP contribution in [0.3, 0.4) is 0 Å². The Morgan fingerprint density at radius 1 is 1.33 bits per heavy atom. The summed E-state index contributed by atoms with van der Waals surface area (Å²) in [7, 11) is 1.72. The van der Waals surface area contributed by atoms with Crippen LogP contribution in [0.4, 0.5) is 4.39 Å². The van der Waals surface area contributed by atoms with Gasteiger partial charge in [-0.25, -0.2) is 4.39 Å². The maximum Gasteiger partial charge on any atom is 0.269 e. The van der Waals surface area contributed by atoms with Crippen LogP contribution in [0.25, 0.3) is 0 Å². The van der Waals surface area contributed by atoms with Crippen molar-refractivity contribution in [1.82, 2.24) is 15.1 Å². The van der Waals surface area contributed by atoms with Crippen LogP contribution >= 0.6 is 0 Å².